The Morgan fingerprint density at radius 1 is 0.478 bits per heavy atom. The SMILES string of the molecule is NC1CCCN1C(=O)CNC(=O)c1ccnc2ccc(OCCNC(=O)CCCCCNC(=O)CCN(CCC(=O)NCCNC(=S)c3ccc(C4c5ccc(O)cc5Cc5cc(O)ccc54)c(C(=O)O)c3)CCN(CCC(=O)NCCCCCCC(=O)Nc3ccc(CC4CN(CC(=O)O)CCN(CC(=O)O)CCN(CC(=O)O)CCN4CC(=O)O)cc3)CCC(=O)Nc3ccc(F)cc3)cc12. The van der Waals surface area contributed by atoms with Gasteiger partial charge >= 0.3 is 29.8 Å². The summed E-state index contributed by atoms with van der Waals surface area (Å²) in [5.41, 5.74) is 12.6. The van der Waals surface area contributed by atoms with E-state index in [0.717, 1.165) is 34.2 Å². The van der Waals surface area contributed by atoms with E-state index in [2.05, 4.69) is 47.5 Å². The number of thiocarbonyl (C=S) groups is 1. The number of halogens is 1. The van der Waals surface area contributed by atoms with Crippen LogP contribution in [0.15, 0.2) is 134 Å². The topological polar surface area (TPSA) is 531 Å². The third kappa shape index (κ3) is 36.0. The van der Waals surface area contributed by atoms with Gasteiger partial charge in [0.2, 0.25) is 41.4 Å². The standard InChI is InChI=1S/C98H126FN17O21S/c99-69-15-19-71(20-16-69)109-89(124)32-43-111(41-30-85(120)102-33-6-2-1-4-11-88(123)108-70-17-12-65(13-18-70)53-72-60-114(63-93(130)131)49-48-112(61-91(126)127)46-47-113(62-92(128)129)50-51-115(72)64-94(132)133)45-44-110(42-31-87(122)104-36-37-106-97(138)66-14-24-78(81(57-66)98(135)136)95-76-25-21-73(117)55-67(76)54-68-56-74(118)22-26-77(68)95)40-29-86(121)103-34-7-3-5-10-84(119)105-38-52-137-75-23-27-82-80(58-75)79(28-35-101-82)96(134)107-59-90(125)116-39-8-9-83(116)100/h12-28,35,55-58,72,83,95,117-118H,1-11,29-34,36-54,59-64,100H2,(H,102,120)(H,103,121)(H,104,122)(H,105,119)(H,106,138)(H,107,134)(H,108,123)(H,109,124)(H,126,127)(H,128,129)(H,130,131)(H,132,133)(H,135,136). The second kappa shape index (κ2) is 55.2. The van der Waals surface area contributed by atoms with E-state index >= 15 is 0 Å². The van der Waals surface area contributed by atoms with Crippen LogP contribution >= 0.6 is 12.2 Å². The molecule has 2 fully saturated rings. The Balaban J connectivity index is 0.695. The number of aromatic nitrogens is 1. The Hall–Kier alpha value is -13.2. The average molecular weight is 1930 g/mol. The molecule has 1 aliphatic carbocycles. The average Bonchev–Trinajstić information content (AvgIpc) is 0.833. The fourth-order valence-electron chi connectivity index (χ4n) is 17.1. The summed E-state index contributed by atoms with van der Waals surface area (Å²) in [5, 5.41) is 94.4. The molecule has 2 aliphatic heterocycles. The molecule has 40 heteroatoms. The fraction of sp³-hybridized carbons (Fsp3) is 0.459. The number of nitrogens with two attached hydrogens (primary N) is 1. The van der Waals surface area contributed by atoms with Crippen LogP contribution in [-0.2, 0) is 65.6 Å². The molecule has 742 valence electrons. The van der Waals surface area contributed by atoms with Crippen LogP contribution in [0.5, 0.6) is 17.2 Å². The first-order valence-corrected chi connectivity index (χ1v) is 47.1. The molecular formula is C98H126FN17O21S. The van der Waals surface area contributed by atoms with E-state index in [1.54, 1.807) is 122 Å². The Kier molecular flexibility index (Phi) is 42.8. The predicted molar refractivity (Wildman–Crippen MR) is 516 cm³/mol. The molecule has 3 aliphatic rings. The second-order valence-electron chi connectivity index (χ2n) is 34.7. The van der Waals surface area contributed by atoms with Gasteiger partial charge in [0.15, 0.2) is 0 Å². The number of hydrogen-bond acceptors (Lipinski definition) is 25. The van der Waals surface area contributed by atoms with Crippen LogP contribution in [-0.4, -0.2) is 333 Å². The first kappa shape index (κ1) is 107. The highest BCUT2D eigenvalue weighted by Gasteiger charge is 2.34. The number of carbonyl (C=O) groups is 13. The van der Waals surface area contributed by atoms with Crippen LogP contribution < -0.4 is 53.0 Å². The van der Waals surface area contributed by atoms with Crippen molar-refractivity contribution in [2.45, 2.75) is 127 Å². The second-order valence-corrected chi connectivity index (χ2v) is 35.1. The molecule has 0 bridgehead atoms. The van der Waals surface area contributed by atoms with E-state index < -0.39 is 66.6 Å². The maximum atomic E-state index is 13.9. The number of amides is 8. The maximum absolute atomic E-state index is 13.9. The summed E-state index contributed by atoms with van der Waals surface area (Å²) >= 11 is 5.76. The number of aromatic carboxylic acids is 1. The number of unbranched alkanes of at least 4 members (excludes halogenated alkanes) is 5. The molecule has 6 aromatic carbocycles. The smallest absolute Gasteiger partial charge is 0.336 e. The Morgan fingerprint density at radius 2 is 0.978 bits per heavy atom. The van der Waals surface area contributed by atoms with Crippen molar-refractivity contribution >= 4 is 117 Å². The van der Waals surface area contributed by atoms with E-state index in [0.29, 0.717) is 135 Å². The molecule has 0 saturated carbocycles. The number of rotatable bonds is 53. The number of phenolic OH excluding ortho intramolecular Hbond substituents is 2. The van der Waals surface area contributed by atoms with Gasteiger partial charge in [0, 0.05) is 197 Å². The molecule has 3 heterocycles. The maximum Gasteiger partial charge on any atom is 0.336 e. The highest BCUT2D eigenvalue weighted by Crippen LogP contribution is 2.44. The van der Waals surface area contributed by atoms with Gasteiger partial charge in [0.05, 0.1) is 62.1 Å². The van der Waals surface area contributed by atoms with Gasteiger partial charge in [0.1, 0.15) is 34.7 Å². The molecule has 0 spiro atoms. The molecule has 138 heavy (non-hydrogen) atoms. The lowest BCUT2D eigenvalue weighted by molar-refractivity contribution is -0.142. The molecule has 2 atom stereocenters. The van der Waals surface area contributed by atoms with Gasteiger partial charge in [-0.25, -0.2) is 9.18 Å². The molecule has 17 N–H and O–H groups in total. The summed E-state index contributed by atoms with van der Waals surface area (Å²) < 4.78 is 19.8. The number of fused-ring (bicyclic) bond motifs is 3. The molecule has 7 aromatic rings. The number of hydrogen-bond donors (Lipinski definition) is 16. The van der Waals surface area contributed by atoms with Crippen molar-refractivity contribution < 1.29 is 107 Å². The van der Waals surface area contributed by atoms with Crippen LogP contribution in [0.4, 0.5) is 15.8 Å². The number of nitrogens with zero attached hydrogens (tertiary/aromatic N) is 8. The quantitative estimate of drug-likeness (QED) is 0.0167. The number of carbonyl (C=O) groups excluding carboxylic acids is 8. The third-order valence-electron chi connectivity index (χ3n) is 24.3. The lowest BCUT2D eigenvalue weighted by atomic mass is 9.73. The lowest BCUT2D eigenvalue weighted by Gasteiger charge is -2.37. The van der Waals surface area contributed by atoms with Gasteiger partial charge in [-0.1, -0.05) is 67.9 Å². The summed E-state index contributed by atoms with van der Waals surface area (Å²) in [6.45, 7) is 2.42. The number of carboxylic acid groups (broad SMARTS) is 5. The van der Waals surface area contributed by atoms with Gasteiger partial charge in [0.25, 0.3) is 5.91 Å². The van der Waals surface area contributed by atoms with Crippen LogP contribution in [0, 0.1) is 5.82 Å². The number of nitrogens with one attached hydrogen (secondary N) is 8. The van der Waals surface area contributed by atoms with Crippen molar-refractivity contribution in [3.8, 4) is 17.2 Å². The van der Waals surface area contributed by atoms with E-state index in [-0.39, 0.29) is 232 Å². The van der Waals surface area contributed by atoms with Crippen LogP contribution in [0.1, 0.15) is 162 Å². The molecule has 2 saturated heterocycles. The minimum atomic E-state index is -1.19. The molecule has 1 aromatic heterocycles. The Morgan fingerprint density at radius 3 is 1.55 bits per heavy atom. The Labute approximate surface area is 804 Å². The zero-order valence-corrected chi connectivity index (χ0v) is 78.2. The van der Waals surface area contributed by atoms with Crippen LogP contribution in [0.3, 0.4) is 0 Å². The van der Waals surface area contributed by atoms with Crippen molar-refractivity contribution in [2.75, 3.05) is 174 Å². The minimum Gasteiger partial charge on any atom is -0.508 e. The zero-order chi connectivity index (χ0) is 99.0. The fourth-order valence-corrected chi connectivity index (χ4v) is 17.3. The van der Waals surface area contributed by atoms with Crippen molar-refractivity contribution in [3.05, 3.63) is 189 Å². The largest absolute Gasteiger partial charge is 0.508 e. The normalized spacial score (nSPS) is 15.0. The number of anilines is 2. The zero-order valence-electron chi connectivity index (χ0n) is 77.4. The summed E-state index contributed by atoms with van der Waals surface area (Å²) in [6.07, 6.45) is 8.01. The highest BCUT2D eigenvalue weighted by molar-refractivity contribution is 7.80. The first-order chi connectivity index (χ1) is 66.3. The van der Waals surface area contributed by atoms with Crippen LogP contribution in [0.25, 0.3) is 10.9 Å². The number of aromatic hydroxyl groups is 2. The predicted octanol–water partition coefficient (Wildman–Crippen LogP) is 5.44. The number of pyridine rings is 1. The summed E-state index contributed by atoms with van der Waals surface area (Å²) in [7, 11) is 0. The lowest BCUT2D eigenvalue weighted by Crippen LogP contribution is -2.53. The number of phenols is 2. The highest BCUT2D eigenvalue weighted by atomic mass is 32.1. The molecule has 0 radical (unpaired) electrons. The van der Waals surface area contributed by atoms with Crippen molar-refractivity contribution in [2.24, 2.45) is 5.73 Å². The molecule has 8 amide bonds. The number of carboxylic acids is 5. The van der Waals surface area contributed by atoms with Crippen LogP contribution in [0.2, 0.25) is 0 Å². The first-order valence-electron chi connectivity index (χ1n) is 46.7. The van der Waals surface area contributed by atoms with Gasteiger partial charge in [-0.15, -0.1) is 0 Å². The molecule has 10 rings (SSSR count). The van der Waals surface area contributed by atoms with Gasteiger partial charge < -0.3 is 103 Å². The number of benzene rings is 6. The van der Waals surface area contributed by atoms with E-state index in [4.69, 9.17) is 22.7 Å². The molecule has 38 nitrogen and oxygen atoms in total. The number of aliphatic carboxylic acids is 4. The van der Waals surface area contributed by atoms with Crippen molar-refractivity contribution in [1.82, 2.24) is 71.2 Å². The van der Waals surface area contributed by atoms with Gasteiger partial charge in [-0.05, 0) is 176 Å². The number of likely N-dealkylation sites (tertiary alicyclic amines) is 1. The van der Waals surface area contributed by atoms with Gasteiger partial charge in [-0.3, -0.25) is 82.1 Å². The Bertz CT molecular complexity index is 5320. The summed E-state index contributed by atoms with van der Waals surface area (Å²) in [5.74, 6) is -8.51. The van der Waals surface area contributed by atoms with Crippen molar-refractivity contribution in [3.63, 3.8) is 0 Å². The van der Waals surface area contributed by atoms with E-state index in [1.807, 2.05) is 9.80 Å². The third-order valence-corrected chi connectivity index (χ3v) is 24.7. The molecule has 2 unspecified atom stereocenters. The van der Waals surface area contributed by atoms with Gasteiger partial charge in [-0.2, -0.15) is 0 Å². The number of ether oxygens (including phenoxy) is 1. The summed E-state index contributed by atoms with van der Waals surface area (Å²) in [4.78, 5) is 184. The molecular weight excluding hydrogens is 1800 g/mol. The minimum absolute atomic E-state index is 0.00355. The van der Waals surface area contributed by atoms with Crippen molar-refractivity contribution in [1.29, 1.82) is 0 Å². The van der Waals surface area contributed by atoms with E-state index in [1.165, 1.54) is 36.5 Å². The summed E-state index contributed by atoms with van der Waals surface area (Å²) in [6, 6.07) is 33.2. The monoisotopic (exact) mass is 1930 g/mol. The van der Waals surface area contributed by atoms with E-state index in [9.17, 15) is 102 Å².